The van der Waals surface area contributed by atoms with E-state index in [0.29, 0.717) is 47.7 Å². The Morgan fingerprint density at radius 3 is 2.57 bits per heavy atom. The third-order valence-electron chi connectivity index (χ3n) is 4.83. The minimum absolute atomic E-state index is 0.00361. The molecule has 0 spiro atoms. The molecule has 0 fully saturated rings. The molecule has 0 atom stereocenters. The number of halogens is 3. The number of thiophene rings is 1. The lowest BCUT2D eigenvalue weighted by Crippen LogP contribution is -2.30. The number of alkyl halides is 3. The summed E-state index contributed by atoms with van der Waals surface area (Å²) in [5.41, 5.74) is 1.66. The number of anilines is 1. The van der Waals surface area contributed by atoms with E-state index in [9.17, 15) is 18.0 Å². The summed E-state index contributed by atoms with van der Waals surface area (Å²) in [6.07, 6.45) is -4.39. The van der Waals surface area contributed by atoms with Crippen LogP contribution in [0.25, 0.3) is 0 Å². The normalized spacial score (nSPS) is 13.6. The smallest absolute Gasteiger partial charge is 0.425 e. The van der Waals surface area contributed by atoms with Gasteiger partial charge in [0.1, 0.15) is 16.5 Å². The highest BCUT2D eigenvalue weighted by molar-refractivity contribution is 7.12. The topological polar surface area (TPSA) is 60.2 Å². The summed E-state index contributed by atoms with van der Waals surface area (Å²) in [7, 11) is 0. The highest BCUT2D eigenvalue weighted by Gasteiger charge is 2.32. The number of hydrogen-bond donors (Lipinski definition) is 0. The van der Waals surface area contributed by atoms with Crippen molar-refractivity contribution in [3.8, 4) is 5.75 Å². The fourth-order valence-electron chi connectivity index (χ4n) is 3.38. The molecule has 4 rings (SSSR count). The summed E-state index contributed by atoms with van der Waals surface area (Å²) >= 11 is 0.616. The van der Waals surface area contributed by atoms with E-state index in [1.54, 1.807) is 6.92 Å². The van der Waals surface area contributed by atoms with Gasteiger partial charge >= 0.3 is 11.9 Å². The number of aryl methyl sites for hydroxylation is 1. The number of rotatable bonds is 5. The van der Waals surface area contributed by atoms with Crippen molar-refractivity contribution in [2.45, 2.75) is 39.7 Å². The van der Waals surface area contributed by atoms with Gasteiger partial charge in [-0.15, -0.1) is 11.3 Å². The summed E-state index contributed by atoms with van der Waals surface area (Å²) in [4.78, 5) is 22.7. The predicted molar refractivity (Wildman–Crippen MR) is 107 cm³/mol. The van der Waals surface area contributed by atoms with E-state index in [0.717, 1.165) is 22.9 Å². The molecule has 0 N–H and O–H groups in total. The molecule has 30 heavy (non-hydrogen) atoms. The molecular formula is C20H19F3N4O2S. The first kappa shape index (κ1) is 20.4. The van der Waals surface area contributed by atoms with Crippen LogP contribution in [0.3, 0.4) is 0 Å². The lowest BCUT2D eigenvalue weighted by atomic mass is 10.1. The number of fused-ring (bicyclic) bond motifs is 1. The molecule has 6 nitrogen and oxygen atoms in total. The van der Waals surface area contributed by atoms with Gasteiger partial charge in [0, 0.05) is 18.0 Å². The molecule has 158 valence electrons. The van der Waals surface area contributed by atoms with E-state index in [4.69, 9.17) is 4.74 Å². The monoisotopic (exact) mass is 436 g/mol. The van der Waals surface area contributed by atoms with Crippen molar-refractivity contribution in [1.82, 2.24) is 14.5 Å². The van der Waals surface area contributed by atoms with E-state index < -0.39 is 16.7 Å². The van der Waals surface area contributed by atoms with Gasteiger partial charge in [-0.25, -0.2) is 4.79 Å². The Bertz CT molecular complexity index is 1140. The van der Waals surface area contributed by atoms with Gasteiger partial charge < -0.3 is 9.64 Å². The van der Waals surface area contributed by atoms with Crippen LogP contribution in [0.4, 0.5) is 19.1 Å². The molecule has 1 aromatic carbocycles. The van der Waals surface area contributed by atoms with Gasteiger partial charge in [0.15, 0.2) is 0 Å². The van der Waals surface area contributed by atoms with Crippen LogP contribution in [0.5, 0.6) is 5.75 Å². The summed E-state index contributed by atoms with van der Waals surface area (Å²) in [5.74, 6) is 1.50. The SMILES string of the molecule is CCOc1ccc2c(c1)CN(c1nc(C)n(Cc3ccc(C(F)(F)F)s3)c(=O)n1)C2. The third kappa shape index (κ3) is 4.04. The Kier molecular flexibility index (Phi) is 5.27. The molecule has 1 aliphatic heterocycles. The van der Waals surface area contributed by atoms with Crippen LogP contribution in [-0.4, -0.2) is 21.1 Å². The first-order valence-corrected chi connectivity index (χ1v) is 10.2. The molecule has 0 radical (unpaired) electrons. The average molecular weight is 436 g/mol. The standard InChI is InChI=1S/C20H19F3N4O2S/c1-3-29-15-5-4-13-9-26(10-14(13)8-15)18-24-12(2)27(19(28)25-18)11-16-6-7-17(30-16)20(21,22)23/h4-8H,3,9-11H2,1-2H3. The van der Waals surface area contributed by atoms with Crippen LogP contribution in [0.15, 0.2) is 35.1 Å². The van der Waals surface area contributed by atoms with Crippen molar-refractivity contribution >= 4 is 17.3 Å². The molecule has 0 bridgehead atoms. The van der Waals surface area contributed by atoms with Crippen LogP contribution >= 0.6 is 11.3 Å². The number of benzene rings is 1. The second kappa shape index (κ2) is 7.75. The van der Waals surface area contributed by atoms with Crippen molar-refractivity contribution in [3.05, 3.63) is 67.5 Å². The Morgan fingerprint density at radius 1 is 1.13 bits per heavy atom. The van der Waals surface area contributed by atoms with E-state index >= 15 is 0 Å². The number of aromatic nitrogens is 3. The number of hydrogen-bond acceptors (Lipinski definition) is 6. The fourth-order valence-corrected chi connectivity index (χ4v) is 4.24. The molecular weight excluding hydrogens is 417 g/mol. The Balaban J connectivity index is 1.55. The highest BCUT2D eigenvalue weighted by atomic mass is 32.1. The first-order valence-electron chi connectivity index (χ1n) is 9.35. The molecule has 0 aliphatic carbocycles. The summed E-state index contributed by atoms with van der Waals surface area (Å²) < 4.78 is 45.2. The fraction of sp³-hybridized carbons (Fsp3) is 0.350. The molecule has 0 amide bonds. The van der Waals surface area contributed by atoms with Gasteiger partial charge in [-0.05, 0) is 49.2 Å². The molecule has 0 saturated heterocycles. The Morgan fingerprint density at radius 2 is 1.90 bits per heavy atom. The van der Waals surface area contributed by atoms with Crippen molar-refractivity contribution < 1.29 is 17.9 Å². The van der Waals surface area contributed by atoms with E-state index in [2.05, 4.69) is 9.97 Å². The average Bonchev–Trinajstić information content (AvgIpc) is 3.31. The second-order valence-corrected chi connectivity index (χ2v) is 8.09. The molecule has 0 saturated carbocycles. The lowest BCUT2D eigenvalue weighted by Gasteiger charge is -2.17. The van der Waals surface area contributed by atoms with Crippen LogP contribution in [0.1, 0.15) is 33.6 Å². The van der Waals surface area contributed by atoms with E-state index in [-0.39, 0.29) is 6.54 Å². The second-order valence-electron chi connectivity index (χ2n) is 6.92. The predicted octanol–water partition coefficient (Wildman–Crippen LogP) is 3.99. The third-order valence-corrected chi connectivity index (χ3v) is 5.94. The zero-order valence-electron chi connectivity index (χ0n) is 16.4. The molecule has 2 aromatic heterocycles. The maximum atomic E-state index is 12.8. The first-order chi connectivity index (χ1) is 14.2. The van der Waals surface area contributed by atoms with Gasteiger partial charge in [0.2, 0.25) is 5.95 Å². The Labute approximate surface area is 174 Å². The molecule has 10 heteroatoms. The quantitative estimate of drug-likeness (QED) is 0.605. The van der Waals surface area contributed by atoms with E-state index in [1.807, 2.05) is 30.0 Å². The molecule has 3 heterocycles. The van der Waals surface area contributed by atoms with E-state index in [1.165, 1.54) is 10.6 Å². The molecule has 1 aliphatic rings. The largest absolute Gasteiger partial charge is 0.494 e. The van der Waals surface area contributed by atoms with Crippen LogP contribution in [-0.2, 0) is 25.8 Å². The summed E-state index contributed by atoms with van der Waals surface area (Å²) in [6.45, 7) is 5.29. The van der Waals surface area contributed by atoms with Gasteiger partial charge in [-0.2, -0.15) is 23.1 Å². The zero-order valence-corrected chi connectivity index (χ0v) is 17.2. The van der Waals surface area contributed by atoms with Gasteiger partial charge in [0.25, 0.3) is 0 Å². The summed E-state index contributed by atoms with van der Waals surface area (Å²) in [6, 6.07) is 8.27. The van der Waals surface area contributed by atoms with Gasteiger partial charge in [-0.1, -0.05) is 6.07 Å². The lowest BCUT2D eigenvalue weighted by molar-refractivity contribution is -0.134. The van der Waals surface area contributed by atoms with Crippen LogP contribution in [0.2, 0.25) is 0 Å². The Hall–Kier alpha value is -2.88. The maximum absolute atomic E-state index is 12.8. The highest BCUT2D eigenvalue weighted by Crippen LogP contribution is 2.35. The van der Waals surface area contributed by atoms with Gasteiger partial charge in [-0.3, -0.25) is 4.57 Å². The van der Waals surface area contributed by atoms with Crippen molar-refractivity contribution in [1.29, 1.82) is 0 Å². The van der Waals surface area contributed by atoms with Crippen molar-refractivity contribution in [2.24, 2.45) is 0 Å². The number of nitrogens with zero attached hydrogens (tertiary/aromatic N) is 4. The molecule has 0 unspecified atom stereocenters. The molecule has 3 aromatic rings. The maximum Gasteiger partial charge on any atom is 0.425 e. The van der Waals surface area contributed by atoms with Crippen molar-refractivity contribution in [3.63, 3.8) is 0 Å². The van der Waals surface area contributed by atoms with Crippen LogP contribution in [0, 0.1) is 6.92 Å². The van der Waals surface area contributed by atoms with Crippen molar-refractivity contribution in [2.75, 3.05) is 11.5 Å². The van der Waals surface area contributed by atoms with Gasteiger partial charge in [0.05, 0.1) is 13.2 Å². The minimum Gasteiger partial charge on any atom is -0.494 e. The van der Waals surface area contributed by atoms with Crippen LogP contribution < -0.4 is 15.3 Å². The number of ether oxygens (including phenoxy) is 1. The summed E-state index contributed by atoms with van der Waals surface area (Å²) in [5, 5.41) is 0. The zero-order chi connectivity index (χ0) is 21.5. The minimum atomic E-state index is -4.39.